The number of aryl methyl sites for hydroxylation is 1. The van der Waals surface area contributed by atoms with Crippen molar-refractivity contribution in [1.29, 1.82) is 0 Å². The quantitative estimate of drug-likeness (QED) is 0.564. The van der Waals surface area contributed by atoms with E-state index in [1.54, 1.807) is 0 Å². The summed E-state index contributed by atoms with van der Waals surface area (Å²) in [6.45, 7) is 8.26. The number of benzene rings is 1. The molecule has 0 amide bonds. The highest BCUT2D eigenvalue weighted by Crippen LogP contribution is 2.21. The van der Waals surface area contributed by atoms with E-state index >= 15 is 0 Å². The highest BCUT2D eigenvalue weighted by molar-refractivity contribution is 6.70. The van der Waals surface area contributed by atoms with Crippen LogP contribution in [-0.4, -0.2) is 14.6 Å². The van der Waals surface area contributed by atoms with Crippen LogP contribution in [0.1, 0.15) is 15.9 Å². The van der Waals surface area contributed by atoms with Crippen LogP contribution in [0.15, 0.2) is 18.2 Å². The number of hydrogen-bond donors (Lipinski definition) is 0. The number of hydrogen-bond acceptors (Lipinski definition) is 2. The van der Waals surface area contributed by atoms with Crippen LogP contribution in [0.2, 0.25) is 19.6 Å². The van der Waals surface area contributed by atoms with Crippen molar-refractivity contribution in [1.82, 2.24) is 0 Å². The fourth-order valence-corrected chi connectivity index (χ4v) is 2.03. The van der Waals surface area contributed by atoms with Crippen molar-refractivity contribution in [2.45, 2.75) is 26.6 Å². The van der Waals surface area contributed by atoms with E-state index in [4.69, 9.17) is 4.43 Å². The summed E-state index contributed by atoms with van der Waals surface area (Å²) in [6, 6.07) is 5.68. The molecule has 1 rings (SSSR count). The smallest absolute Gasteiger partial charge is 0.242 e. The molecule has 0 aromatic heterocycles. The maximum atomic E-state index is 10.8. The van der Waals surface area contributed by atoms with Gasteiger partial charge >= 0.3 is 0 Å². The number of carbonyl (C=O) groups excluding carboxylic acids is 1. The van der Waals surface area contributed by atoms with E-state index in [1.807, 2.05) is 25.1 Å². The lowest BCUT2D eigenvalue weighted by Gasteiger charge is -2.20. The SMILES string of the molecule is Cc1ccc(O[Si](C)(C)C)c(C=O)c1. The van der Waals surface area contributed by atoms with Crippen LogP contribution in [0.4, 0.5) is 0 Å². The summed E-state index contributed by atoms with van der Waals surface area (Å²) in [4.78, 5) is 10.8. The Morgan fingerprint density at radius 1 is 1.29 bits per heavy atom. The molecule has 14 heavy (non-hydrogen) atoms. The number of carbonyl (C=O) groups is 1. The topological polar surface area (TPSA) is 26.3 Å². The van der Waals surface area contributed by atoms with E-state index in [1.165, 1.54) is 0 Å². The fraction of sp³-hybridized carbons (Fsp3) is 0.364. The third-order valence-electron chi connectivity index (χ3n) is 1.71. The van der Waals surface area contributed by atoms with Crippen LogP contribution < -0.4 is 4.43 Å². The third kappa shape index (κ3) is 2.99. The molecule has 3 heteroatoms. The molecule has 1 aromatic carbocycles. The predicted octanol–water partition coefficient (Wildman–Crippen LogP) is 3.02. The molecule has 0 saturated heterocycles. The minimum Gasteiger partial charge on any atom is -0.544 e. The Bertz CT molecular complexity index is 340. The second-order valence-electron chi connectivity index (χ2n) is 4.37. The van der Waals surface area contributed by atoms with Crippen LogP contribution in [-0.2, 0) is 0 Å². The maximum Gasteiger partial charge on any atom is 0.242 e. The Labute approximate surface area is 86.0 Å². The second kappa shape index (κ2) is 3.96. The molecule has 76 valence electrons. The molecule has 0 radical (unpaired) electrons. The van der Waals surface area contributed by atoms with Crippen molar-refractivity contribution in [2.75, 3.05) is 0 Å². The van der Waals surface area contributed by atoms with Crippen LogP contribution in [0.3, 0.4) is 0 Å². The van der Waals surface area contributed by atoms with E-state index < -0.39 is 8.32 Å². The van der Waals surface area contributed by atoms with E-state index in [0.29, 0.717) is 11.3 Å². The molecular weight excluding hydrogens is 192 g/mol. The van der Waals surface area contributed by atoms with Gasteiger partial charge in [-0.3, -0.25) is 4.79 Å². The van der Waals surface area contributed by atoms with Gasteiger partial charge in [-0.15, -0.1) is 0 Å². The van der Waals surface area contributed by atoms with Crippen LogP contribution in [0.25, 0.3) is 0 Å². The molecule has 0 spiro atoms. The monoisotopic (exact) mass is 208 g/mol. The molecule has 0 unspecified atom stereocenters. The summed E-state index contributed by atoms with van der Waals surface area (Å²) in [6.07, 6.45) is 0.850. The molecule has 2 nitrogen and oxygen atoms in total. The van der Waals surface area contributed by atoms with Gasteiger partial charge in [-0.05, 0) is 38.7 Å². The molecule has 1 aromatic rings. The van der Waals surface area contributed by atoms with Crippen molar-refractivity contribution in [3.8, 4) is 5.75 Å². The average molecular weight is 208 g/mol. The summed E-state index contributed by atoms with van der Waals surface area (Å²) in [5.74, 6) is 0.713. The third-order valence-corrected chi connectivity index (χ3v) is 2.54. The molecule has 0 bridgehead atoms. The highest BCUT2D eigenvalue weighted by atomic mass is 28.4. The Morgan fingerprint density at radius 3 is 2.43 bits per heavy atom. The molecule has 0 aliphatic heterocycles. The van der Waals surface area contributed by atoms with Crippen molar-refractivity contribution < 1.29 is 9.22 Å². The standard InChI is InChI=1S/C11H16O2Si/c1-9-5-6-11(10(7-9)8-12)13-14(2,3)4/h5-8H,1-4H3. The molecule has 0 aliphatic rings. The van der Waals surface area contributed by atoms with Gasteiger partial charge in [0.15, 0.2) is 6.29 Å². The molecule has 0 aliphatic carbocycles. The number of aldehydes is 1. The van der Waals surface area contributed by atoms with Crippen molar-refractivity contribution in [2.24, 2.45) is 0 Å². The van der Waals surface area contributed by atoms with E-state index in [-0.39, 0.29) is 0 Å². The van der Waals surface area contributed by atoms with Gasteiger partial charge in [-0.1, -0.05) is 11.6 Å². The Balaban J connectivity index is 3.03. The highest BCUT2D eigenvalue weighted by Gasteiger charge is 2.17. The summed E-state index contributed by atoms with van der Waals surface area (Å²) in [5, 5.41) is 0. The zero-order valence-electron chi connectivity index (χ0n) is 9.13. The van der Waals surface area contributed by atoms with Gasteiger partial charge in [0.25, 0.3) is 0 Å². The first kappa shape index (κ1) is 11.0. The zero-order chi connectivity index (χ0) is 10.8. The summed E-state index contributed by atoms with van der Waals surface area (Å²) >= 11 is 0. The first-order valence-electron chi connectivity index (χ1n) is 4.67. The zero-order valence-corrected chi connectivity index (χ0v) is 10.1. The Morgan fingerprint density at radius 2 is 1.93 bits per heavy atom. The predicted molar refractivity (Wildman–Crippen MR) is 60.5 cm³/mol. The molecule has 0 fully saturated rings. The minimum absolute atomic E-state index is 0.646. The Hall–Kier alpha value is -1.09. The molecular formula is C11H16O2Si. The van der Waals surface area contributed by atoms with Crippen LogP contribution >= 0.6 is 0 Å². The van der Waals surface area contributed by atoms with Gasteiger partial charge in [-0.25, -0.2) is 0 Å². The average Bonchev–Trinajstić information content (AvgIpc) is 2.06. The summed E-state index contributed by atoms with van der Waals surface area (Å²) < 4.78 is 5.79. The lowest BCUT2D eigenvalue weighted by molar-refractivity contribution is 0.112. The minimum atomic E-state index is -1.62. The molecule has 0 saturated carbocycles. The largest absolute Gasteiger partial charge is 0.544 e. The lowest BCUT2D eigenvalue weighted by atomic mass is 10.1. The van der Waals surface area contributed by atoms with Crippen molar-refractivity contribution >= 4 is 14.6 Å². The second-order valence-corrected chi connectivity index (χ2v) is 8.80. The van der Waals surface area contributed by atoms with E-state index in [2.05, 4.69) is 19.6 Å². The normalized spacial score (nSPS) is 11.1. The first-order chi connectivity index (χ1) is 6.42. The Kier molecular flexibility index (Phi) is 3.11. The molecule has 0 N–H and O–H groups in total. The van der Waals surface area contributed by atoms with Crippen molar-refractivity contribution in [3.63, 3.8) is 0 Å². The lowest BCUT2D eigenvalue weighted by Crippen LogP contribution is -2.29. The van der Waals surface area contributed by atoms with Gasteiger partial charge < -0.3 is 4.43 Å². The van der Waals surface area contributed by atoms with Gasteiger partial charge in [0.05, 0.1) is 5.56 Å². The molecule has 0 atom stereocenters. The summed E-state index contributed by atoms with van der Waals surface area (Å²) in [5.41, 5.74) is 1.72. The van der Waals surface area contributed by atoms with E-state index in [0.717, 1.165) is 11.8 Å². The van der Waals surface area contributed by atoms with Crippen molar-refractivity contribution in [3.05, 3.63) is 29.3 Å². The van der Waals surface area contributed by atoms with Gasteiger partial charge in [0.2, 0.25) is 8.32 Å². The van der Waals surface area contributed by atoms with Gasteiger partial charge in [0, 0.05) is 0 Å². The number of rotatable bonds is 3. The first-order valence-corrected chi connectivity index (χ1v) is 8.08. The van der Waals surface area contributed by atoms with Crippen LogP contribution in [0.5, 0.6) is 5.75 Å². The van der Waals surface area contributed by atoms with Gasteiger partial charge in [-0.2, -0.15) is 0 Å². The fourth-order valence-electron chi connectivity index (χ4n) is 1.18. The van der Waals surface area contributed by atoms with E-state index in [9.17, 15) is 4.79 Å². The maximum absolute atomic E-state index is 10.8. The summed E-state index contributed by atoms with van der Waals surface area (Å²) in [7, 11) is -1.62. The van der Waals surface area contributed by atoms with Gasteiger partial charge in [0.1, 0.15) is 5.75 Å². The van der Waals surface area contributed by atoms with Crippen LogP contribution in [0, 0.1) is 6.92 Å². The molecule has 0 heterocycles.